The maximum absolute atomic E-state index is 16.0. The second-order valence-corrected chi connectivity index (χ2v) is 17.5. The Hall–Kier alpha value is -6.26. The first-order chi connectivity index (χ1) is 29.2. The number of aryl methyl sites for hydroxylation is 1. The predicted molar refractivity (Wildman–Crippen MR) is 218 cm³/mol. The number of hydrogen-bond donors (Lipinski definition) is 2. The van der Waals surface area contributed by atoms with E-state index < -0.39 is 35.6 Å². The normalized spacial score (nSPS) is 22.4. The van der Waals surface area contributed by atoms with Crippen LogP contribution in [0.1, 0.15) is 80.5 Å². The van der Waals surface area contributed by atoms with E-state index in [1.165, 1.54) is 22.3 Å². The van der Waals surface area contributed by atoms with Crippen molar-refractivity contribution in [3.05, 3.63) is 118 Å². The second-order valence-electron chi connectivity index (χ2n) is 16.6. The number of carbonyl (C=O) groups excluding carboxylic acids is 5. The summed E-state index contributed by atoms with van der Waals surface area (Å²) in [6.07, 6.45) is 6.58. The van der Waals surface area contributed by atoms with Crippen LogP contribution in [0.3, 0.4) is 0 Å². The minimum Gasteiger partial charge on any atom is -0.366 e. The van der Waals surface area contributed by atoms with Gasteiger partial charge >= 0.3 is 0 Å². The van der Waals surface area contributed by atoms with Gasteiger partial charge in [0.2, 0.25) is 11.8 Å². The highest BCUT2D eigenvalue weighted by Gasteiger charge is 2.45. The number of fused-ring (bicyclic) bond motifs is 5. The first-order valence-electron chi connectivity index (χ1n) is 20.4. The van der Waals surface area contributed by atoms with Gasteiger partial charge in [-0.05, 0) is 78.3 Å². The van der Waals surface area contributed by atoms with Gasteiger partial charge < -0.3 is 19.3 Å². The third kappa shape index (κ3) is 6.10. The summed E-state index contributed by atoms with van der Waals surface area (Å²) in [6, 6.07) is 16.2. The third-order valence-electron chi connectivity index (χ3n) is 13.1. The number of carbonyl (C=O) groups is 5. The Kier molecular flexibility index (Phi) is 8.70. The molecular weight excluding hydrogens is 786 g/mol. The van der Waals surface area contributed by atoms with Gasteiger partial charge in [0.25, 0.3) is 17.7 Å². The van der Waals surface area contributed by atoms with Crippen LogP contribution >= 0.6 is 11.3 Å². The molecule has 3 aromatic carbocycles. The van der Waals surface area contributed by atoms with Crippen LogP contribution in [-0.4, -0.2) is 90.0 Å². The summed E-state index contributed by atoms with van der Waals surface area (Å²) in [5.74, 6) is -2.21. The molecule has 11 rings (SSSR count). The van der Waals surface area contributed by atoms with Crippen molar-refractivity contribution in [1.29, 1.82) is 0 Å². The first-order valence-corrected chi connectivity index (χ1v) is 21.3. The number of imide groups is 1. The van der Waals surface area contributed by atoms with Crippen LogP contribution in [0.15, 0.2) is 72.5 Å². The Morgan fingerprint density at radius 3 is 2.57 bits per heavy atom. The van der Waals surface area contributed by atoms with Crippen LogP contribution in [0.25, 0.3) is 11.1 Å². The zero-order valence-corrected chi connectivity index (χ0v) is 33.3. The summed E-state index contributed by atoms with van der Waals surface area (Å²) in [5.41, 5.74) is 7.05. The summed E-state index contributed by atoms with van der Waals surface area (Å²) in [5, 5.41) is 7.38. The van der Waals surface area contributed by atoms with Crippen LogP contribution < -0.4 is 15.5 Å². The number of imidazole rings is 1. The number of piperidine rings is 1. The Morgan fingerprint density at radius 2 is 1.78 bits per heavy atom. The molecule has 0 spiro atoms. The molecule has 2 aromatic heterocycles. The van der Waals surface area contributed by atoms with Crippen molar-refractivity contribution in [1.82, 2.24) is 34.6 Å². The van der Waals surface area contributed by atoms with Gasteiger partial charge in [-0.2, -0.15) is 0 Å². The number of rotatable bonds is 9. The van der Waals surface area contributed by atoms with E-state index in [0.717, 1.165) is 73.5 Å². The maximum atomic E-state index is 16.0. The molecule has 2 unspecified atom stereocenters. The molecule has 0 saturated carbocycles. The lowest BCUT2D eigenvalue weighted by Gasteiger charge is -2.35. The van der Waals surface area contributed by atoms with Crippen LogP contribution in [0.4, 0.5) is 15.2 Å². The molecule has 2 bridgehead atoms. The average Bonchev–Trinajstić information content (AvgIpc) is 4.11. The number of thiazole rings is 1. The molecule has 8 heterocycles. The number of anilines is 2. The van der Waals surface area contributed by atoms with Crippen molar-refractivity contribution in [3.8, 4) is 11.1 Å². The van der Waals surface area contributed by atoms with Crippen LogP contribution in [-0.2, 0) is 47.0 Å². The Balaban J connectivity index is 0.763. The standard InChI is InChI=1S/C44H40FN9O5S/c45-34-16-26(15-32-33(34)22-54(43(32)59)39(41(57)49-44-46-11-13-60-44)38-35-2-1-12-50(35)23-47-38)25-4-6-28(7-5-25)52-21-29-17-30(52)20-51(29)18-24-3-8-31-27(14-24)19-53(42(31)58)36-9-10-37(55)48-40(36)56/h3-8,11,13-16,23,29-30,36,39H,1-2,9-10,12,17-22H2,(H,46,49,57)(H,48,55,56)/t29-,30-,36?,39?/m0/s1. The predicted octanol–water partition coefficient (Wildman–Crippen LogP) is 4.65. The number of aromatic nitrogens is 3. The average molecular weight is 826 g/mol. The number of nitrogens with one attached hydrogen (secondary N) is 2. The molecule has 3 fully saturated rings. The molecule has 3 saturated heterocycles. The van der Waals surface area contributed by atoms with Crippen molar-refractivity contribution in [3.63, 3.8) is 0 Å². The quantitative estimate of drug-likeness (QED) is 0.202. The molecule has 6 aliphatic heterocycles. The zero-order valence-electron chi connectivity index (χ0n) is 32.5. The highest BCUT2D eigenvalue weighted by Crippen LogP contribution is 2.40. The van der Waals surface area contributed by atoms with Gasteiger partial charge in [0.1, 0.15) is 11.9 Å². The van der Waals surface area contributed by atoms with Gasteiger partial charge in [-0.25, -0.2) is 14.4 Å². The van der Waals surface area contributed by atoms with Gasteiger partial charge in [-0.15, -0.1) is 11.3 Å². The van der Waals surface area contributed by atoms with Gasteiger partial charge in [0, 0.05) is 90.9 Å². The van der Waals surface area contributed by atoms with Gasteiger partial charge in [0.15, 0.2) is 11.2 Å². The van der Waals surface area contributed by atoms with Gasteiger partial charge in [-0.3, -0.25) is 39.5 Å². The molecule has 304 valence electrons. The molecule has 5 aromatic rings. The van der Waals surface area contributed by atoms with E-state index in [-0.39, 0.29) is 35.9 Å². The van der Waals surface area contributed by atoms with E-state index in [2.05, 4.69) is 48.6 Å². The second kappa shape index (κ2) is 14.2. The maximum Gasteiger partial charge on any atom is 0.255 e. The zero-order chi connectivity index (χ0) is 40.8. The molecule has 0 radical (unpaired) electrons. The molecule has 4 atom stereocenters. The monoisotopic (exact) mass is 825 g/mol. The van der Waals surface area contributed by atoms with Crippen LogP contribution in [0, 0.1) is 5.82 Å². The highest BCUT2D eigenvalue weighted by molar-refractivity contribution is 7.13. The van der Waals surface area contributed by atoms with Crippen LogP contribution in [0.2, 0.25) is 0 Å². The molecule has 0 aliphatic carbocycles. The number of halogens is 1. The van der Waals surface area contributed by atoms with Gasteiger partial charge in [0.05, 0.1) is 18.6 Å². The molecule has 5 amide bonds. The summed E-state index contributed by atoms with van der Waals surface area (Å²) in [6.45, 7) is 3.62. The lowest BCUT2D eigenvalue weighted by atomic mass is 9.99. The van der Waals surface area contributed by atoms with Crippen molar-refractivity contribution >= 4 is 51.7 Å². The molecule has 16 heteroatoms. The number of hydrogen-bond acceptors (Lipinski definition) is 10. The molecule has 6 aliphatic rings. The third-order valence-corrected chi connectivity index (χ3v) is 13.8. The minimum atomic E-state index is -1.05. The lowest BCUT2D eigenvalue weighted by Crippen LogP contribution is -2.52. The van der Waals surface area contributed by atoms with E-state index in [4.69, 9.17) is 0 Å². The van der Waals surface area contributed by atoms with Crippen LogP contribution in [0.5, 0.6) is 0 Å². The fourth-order valence-corrected chi connectivity index (χ4v) is 10.8. The summed E-state index contributed by atoms with van der Waals surface area (Å²) in [7, 11) is 0. The minimum absolute atomic E-state index is 0.0503. The van der Waals surface area contributed by atoms with E-state index in [1.807, 2.05) is 28.8 Å². The van der Waals surface area contributed by atoms with E-state index >= 15 is 4.39 Å². The fraction of sp³-hybridized carbons (Fsp3) is 0.341. The Morgan fingerprint density at radius 1 is 0.917 bits per heavy atom. The van der Waals surface area contributed by atoms with Crippen molar-refractivity contribution in [2.24, 2.45) is 0 Å². The molecule has 2 N–H and O–H groups in total. The van der Waals surface area contributed by atoms with Crippen molar-refractivity contribution in [2.45, 2.75) is 82.5 Å². The topological polar surface area (TPSA) is 153 Å². The molecule has 60 heavy (non-hydrogen) atoms. The number of amides is 5. The molecular formula is C44H40FN9O5S. The number of nitrogens with zero attached hydrogens (tertiary/aromatic N) is 7. The highest BCUT2D eigenvalue weighted by atomic mass is 32.1. The summed E-state index contributed by atoms with van der Waals surface area (Å²) >= 11 is 1.28. The number of benzene rings is 3. The summed E-state index contributed by atoms with van der Waals surface area (Å²) in [4.78, 5) is 82.1. The first kappa shape index (κ1) is 36.8. The largest absolute Gasteiger partial charge is 0.366 e. The Labute approximate surface area is 348 Å². The number of piperazine rings is 1. The Bertz CT molecular complexity index is 2630. The number of likely N-dealkylation sites (tertiary alicyclic amines) is 1. The smallest absolute Gasteiger partial charge is 0.255 e. The van der Waals surface area contributed by atoms with E-state index in [9.17, 15) is 24.0 Å². The lowest BCUT2D eigenvalue weighted by molar-refractivity contribution is -0.137. The summed E-state index contributed by atoms with van der Waals surface area (Å²) < 4.78 is 18.0. The van der Waals surface area contributed by atoms with E-state index in [1.54, 1.807) is 28.9 Å². The van der Waals surface area contributed by atoms with Crippen molar-refractivity contribution < 1.29 is 28.4 Å². The molecule has 14 nitrogen and oxygen atoms in total. The SMILES string of the molecule is O=C1CCC(N2Cc3cc(CN4C[C@@H]5C[C@H]4CN5c4ccc(-c5cc(F)c6c(c5)C(=O)N(C(C(=O)Nc5nccs5)c5ncn7c5CCC7)C6)cc4)ccc3C2=O)C(=O)N1. The van der Waals surface area contributed by atoms with E-state index in [0.29, 0.717) is 47.0 Å². The fourth-order valence-electron chi connectivity index (χ4n) is 10.2. The van der Waals surface area contributed by atoms with Crippen molar-refractivity contribution in [2.75, 3.05) is 23.3 Å². The van der Waals surface area contributed by atoms with Gasteiger partial charge in [-0.1, -0.05) is 24.3 Å².